The van der Waals surface area contributed by atoms with E-state index in [1.807, 2.05) is 49.4 Å². The highest BCUT2D eigenvalue weighted by Crippen LogP contribution is 2.35. The van der Waals surface area contributed by atoms with Crippen LogP contribution in [0.3, 0.4) is 0 Å². The molecule has 0 radical (unpaired) electrons. The normalized spacial score (nSPS) is 17.6. The number of hydrogen-bond donors (Lipinski definition) is 0. The summed E-state index contributed by atoms with van der Waals surface area (Å²) in [6.07, 6.45) is -0.398. The minimum atomic E-state index is -0.398. The largest absolute Gasteiger partial charge is 0.493 e. The van der Waals surface area contributed by atoms with Crippen molar-refractivity contribution in [3.05, 3.63) is 65.2 Å². The Morgan fingerprint density at radius 2 is 1.91 bits per heavy atom. The van der Waals surface area contributed by atoms with Crippen molar-refractivity contribution in [2.75, 3.05) is 13.2 Å². The van der Waals surface area contributed by atoms with E-state index in [1.54, 1.807) is 4.90 Å². The number of carbonyl (C=O) groups excluding carboxylic acids is 1. The number of benzene rings is 2. The van der Waals surface area contributed by atoms with Crippen LogP contribution in [0.1, 0.15) is 29.8 Å². The smallest absolute Gasteiger partial charge is 0.251 e. The van der Waals surface area contributed by atoms with Crippen LogP contribution in [0.5, 0.6) is 5.75 Å². The lowest BCUT2D eigenvalue weighted by atomic mass is 10.1. The number of aryl methyl sites for hydroxylation is 1. The first-order chi connectivity index (χ1) is 11.2. The Balaban J connectivity index is 1.90. The Hall–Kier alpha value is -2.33. The third-order valence-corrected chi connectivity index (χ3v) is 4.05. The van der Waals surface area contributed by atoms with Crippen LogP contribution >= 0.6 is 0 Å². The van der Waals surface area contributed by atoms with Crippen LogP contribution in [-0.4, -0.2) is 24.0 Å². The molecule has 0 saturated carbocycles. The van der Waals surface area contributed by atoms with E-state index in [0.29, 0.717) is 13.2 Å². The monoisotopic (exact) mass is 311 g/mol. The van der Waals surface area contributed by atoms with Gasteiger partial charge in [-0.3, -0.25) is 4.79 Å². The Morgan fingerprint density at radius 1 is 1.17 bits per heavy atom. The summed E-state index contributed by atoms with van der Waals surface area (Å²) in [4.78, 5) is 14.1. The van der Waals surface area contributed by atoms with Gasteiger partial charge in [0.2, 0.25) is 0 Å². The molecular formula is C19H21NO3. The molecule has 1 aliphatic rings. The average molecular weight is 311 g/mol. The summed E-state index contributed by atoms with van der Waals surface area (Å²) in [6, 6.07) is 15.8. The SMILES string of the molecule is CCOc1ccccc1C1OCC(=O)N1Cc1ccccc1C. The van der Waals surface area contributed by atoms with Gasteiger partial charge in [-0.1, -0.05) is 42.5 Å². The van der Waals surface area contributed by atoms with Crippen molar-refractivity contribution < 1.29 is 14.3 Å². The Bertz CT molecular complexity index is 699. The summed E-state index contributed by atoms with van der Waals surface area (Å²) >= 11 is 0. The number of carbonyl (C=O) groups is 1. The first kappa shape index (κ1) is 15.6. The van der Waals surface area contributed by atoms with Gasteiger partial charge >= 0.3 is 0 Å². The molecule has 0 aliphatic carbocycles. The van der Waals surface area contributed by atoms with Gasteiger partial charge < -0.3 is 14.4 Å². The predicted octanol–water partition coefficient (Wildman–Crippen LogP) is 3.45. The average Bonchev–Trinajstić information content (AvgIpc) is 2.91. The first-order valence-corrected chi connectivity index (χ1v) is 7.88. The number of amides is 1. The molecule has 120 valence electrons. The minimum Gasteiger partial charge on any atom is -0.493 e. The number of rotatable bonds is 5. The van der Waals surface area contributed by atoms with Crippen LogP contribution in [-0.2, 0) is 16.1 Å². The van der Waals surface area contributed by atoms with E-state index in [-0.39, 0.29) is 12.5 Å². The van der Waals surface area contributed by atoms with E-state index < -0.39 is 6.23 Å². The van der Waals surface area contributed by atoms with Crippen molar-refractivity contribution in [1.29, 1.82) is 0 Å². The molecule has 1 saturated heterocycles. The van der Waals surface area contributed by atoms with Gasteiger partial charge in [-0.05, 0) is 31.0 Å². The Morgan fingerprint density at radius 3 is 2.70 bits per heavy atom. The van der Waals surface area contributed by atoms with Crippen molar-refractivity contribution in [2.45, 2.75) is 26.6 Å². The van der Waals surface area contributed by atoms with Crippen LogP contribution in [0.25, 0.3) is 0 Å². The Labute approximate surface area is 136 Å². The first-order valence-electron chi connectivity index (χ1n) is 7.88. The maximum absolute atomic E-state index is 12.3. The fourth-order valence-corrected chi connectivity index (χ4v) is 2.83. The van der Waals surface area contributed by atoms with Gasteiger partial charge in [0.25, 0.3) is 5.91 Å². The standard InChI is InChI=1S/C19H21NO3/c1-3-22-17-11-7-6-10-16(17)19-20(18(21)13-23-19)12-15-9-5-4-8-14(15)2/h4-11,19H,3,12-13H2,1-2H3. The Kier molecular flexibility index (Phi) is 4.63. The van der Waals surface area contributed by atoms with Crippen LogP contribution < -0.4 is 4.74 Å². The van der Waals surface area contributed by atoms with Crippen LogP contribution in [0.4, 0.5) is 0 Å². The van der Waals surface area contributed by atoms with Crippen LogP contribution in [0.2, 0.25) is 0 Å². The summed E-state index contributed by atoms with van der Waals surface area (Å²) in [7, 11) is 0. The predicted molar refractivity (Wildman–Crippen MR) is 88.0 cm³/mol. The molecule has 1 aliphatic heterocycles. The molecule has 4 heteroatoms. The number of nitrogens with zero attached hydrogens (tertiary/aromatic N) is 1. The molecule has 3 rings (SSSR count). The maximum Gasteiger partial charge on any atom is 0.251 e. The highest BCUT2D eigenvalue weighted by molar-refractivity contribution is 5.79. The number of hydrogen-bond acceptors (Lipinski definition) is 3. The number of ether oxygens (including phenoxy) is 2. The van der Waals surface area contributed by atoms with E-state index in [1.165, 1.54) is 5.56 Å². The van der Waals surface area contributed by atoms with Gasteiger partial charge in [0, 0.05) is 12.1 Å². The van der Waals surface area contributed by atoms with Crippen LogP contribution in [0, 0.1) is 6.92 Å². The molecule has 23 heavy (non-hydrogen) atoms. The molecule has 2 aromatic carbocycles. The molecule has 1 atom stereocenters. The molecule has 4 nitrogen and oxygen atoms in total. The zero-order valence-electron chi connectivity index (χ0n) is 13.5. The summed E-state index contributed by atoms with van der Waals surface area (Å²) in [5.74, 6) is 0.772. The third-order valence-electron chi connectivity index (χ3n) is 4.05. The molecular weight excluding hydrogens is 290 g/mol. The second kappa shape index (κ2) is 6.84. The fourth-order valence-electron chi connectivity index (χ4n) is 2.83. The van der Waals surface area contributed by atoms with Gasteiger partial charge in [0.15, 0.2) is 6.23 Å². The summed E-state index contributed by atoms with van der Waals surface area (Å²) in [5, 5.41) is 0. The number of para-hydroxylation sites is 1. The van der Waals surface area contributed by atoms with Gasteiger partial charge in [0.05, 0.1) is 6.61 Å². The molecule has 0 spiro atoms. The molecule has 1 unspecified atom stereocenters. The van der Waals surface area contributed by atoms with E-state index in [4.69, 9.17) is 9.47 Å². The van der Waals surface area contributed by atoms with Gasteiger partial charge in [0.1, 0.15) is 12.4 Å². The van der Waals surface area contributed by atoms with Crippen molar-refractivity contribution >= 4 is 5.91 Å². The molecule has 0 aromatic heterocycles. The summed E-state index contributed by atoms with van der Waals surface area (Å²) in [5.41, 5.74) is 3.20. The van der Waals surface area contributed by atoms with Gasteiger partial charge in [-0.25, -0.2) is 0 Å². The lowest BCUT2D eigenvalue weighted by Crippen LogP contribution is -2.28. The maximum atomic E-state index is 12.3. The zero-order chi connectivity index (χ0) is 16.2. The van der Waals surface area contributed by atoms with Gasteiger partial charge in [-0.15, -0.1) is 0 Å². The second-order valence-electron chi connectivity index (χ2n) is 5.58. The summed E-state index contributed by atoms with van der Waals surface area (Å²) < 4.78 is 11.4. The third kappa shape index (κ3) is 3.22. The highest BCUT2D eigenvalue weighted by Gasteiger charge is 2.34. The molecule has 0 N–H and O–H groups in total. The zero-order valence-corrected chi connectivity index (χ0v) is 13.5. The van der Waals surface area contributed by atoms with Crippen molar-refractivity contribution in [1.82, 2.24) is 4.90 Å². The molecule has 2 aromatic rings. The van der Waals surface area contributed by atoms with Crippen LogP contribution in [0.15, 0.2) is 48.5 Å². The van der Waals surface area contributed by atoms with Gasteiger partial charge in [-0.2, -0.15) is 0 Å². The van der Waals surface area contributed by atoms with Crippen molar-refractivity contribution in [3.63, 3.8) is 0 Å². The molecule has 1 heterocycles. The summed E-state index contributed by atoms with van der Waals surface area (Å²) in [6.45, 7) is 5.23. The molecule has 1 amide bonds. The lowest BCUT2D eigenvalue weighted by Gasteiger charge is -2.25. The minimum absolute atomic E-state index is 0.00422. The topological polar surface area (TPSA) is 38.8 Å². The van der Waals surface area contributed by atoms with Crippen molar-refractivity contribution in [3.8, 4) is 5.75 Å². The van der Waals surface area contributed by atoms with Crippen molar-refractivity contribution in [2.24, 2.45) is 0 Å². The quantitative estimate of drug-likeness (QED) is 0.849. The lowest BCUT2D eigenvalue weighted by molar-refractivity contribution is -0.128. The van der Waals surface area contributed by atoms with E-state index >= 15 is 0 Å². The van der Waals surface area contributed by atoms with E-state index in [2.05, 4.69) is 13.0 Å². The fraction of sp³-hybridized carbons (Fsp3) is 0.316. The highest BCUT2D eigenvalue weighted by atomic mass is 16.5. The van der Waals surface area contributed by atoms with E-state index in [9.17, 15) is 4.79 Å². The van der Waals surface area contributed by atoms with E-state index in [0.717, 1.165) is 16.9 Å². The molecule has 1 fully saturated rings. The second-order valence-corrected chi connectivity index (χ2v) is 5.58. The molecule has 0 bridgehead atoms.